The standard InChI is InChI=1S/C15H21N3O3S/c1-4-9-21-12-8-6-5-7-11(12)14(20)17-18-15(22)16-13(19)10(2)3/h5-8,10H,4,9H2,1-3H3,(H,17,20)(H2,16,18,19,22). The van der Waals surface area contributed by atoms with E-state index < -0.39 is 5.91 Å². The molecular formula is C15H21N3O3S. The lowest BCUT2D eigenvalue weighted by molar-refractivity contribution is -0.122. The number of hydrogen-bond donors (Lipinski definition) is 3. The molecule has 22 heavy (non-hydrogen) atoms. The Bertz CT molecular complexity index is 547. The van der Waals surface area contributed by atoms with Crippen molar-refractivity contribution in [2.45, 2.75) is 27.2 Å². The van der Waals surface area contributed by atoms with E-state index in [1.54, 1.807) is 38.1 Å². The molecule has 2 amide bonds. The molecule has 0 fully saturated rings. The molecule has 0 saturated heterocycles. The third-order valence-electron chi connectivity index (χ3n) is 2.64. The molecule has 1 aromatic rings. The van der Waals surface area contributed by atoms with Crippen LogP contribution in [0.25, 0.3) is 0 Å². The van der Waals surface area contributed by atoms with Crippen molar-refractivity contribution < 1.29 is 14.3 Å². The summed E-state index contributed by atoms with van der Waals surface area (Å²) in [5, 5.41) is 2.51. The number of nitrogens with one attached hydrogen (secondary N) is 3. The second-order valence-corrected chi connectivity index (χ2v) is 5.31. The monoisotopic (exact) mass is 323 g/mol. The van der Waals surface area contributed by atoms with Gasteiger partial charge in [0.25, 0.3) is 5.91 Å². The average Bonchev–Trinajstić information content (AvgIpc) is 2.50. The maximum atomic E-state index is 12.1. The number of ether oxygens (including phenoxy) is 1. The molecule has 0 aromatic heterocycles. The van der Waals surface area contributed by atoms with Crippen LogP contribution < -0.4 is 20.9 Å². The zero-order valence-electron chi connectivity index (χ0n) is 12.9. The van der Waals surface area contributed by atoms with Crippen LogP contribution in [0, 0.1) is 5.92 Å². The summed E-state index contributed by atoms with van der Waals surface area (Å²) < 4.78 is 5.52. The van der Waals surface area contributed by atoms with Crippen molar-refractivity contribution in [2.24, 2.45) is 5.92 Å². The Hall–Kier alpha value is -2.15. The molecular weight excluding hydrogens is 302 g/mol. The molecule has 1 rings (SSSR count). The quantitative estimate of drug-likeness (QED) is 0.568. The Morgan fingerprint density at radius 3 is 2.55 bits per heavy atom. The van der Waals surface area contributed by atoms with Gasteiger partial charge in [-0.2, -0.15) is 0 Å². The number of rotatable bonds is 5. The van der Waals surface area contributed by atoms with Crippen molar-refractivity contribution in [3.05, 3.63) is 29.8 Å². The van der Waals surface area contributed by atoms with Crippen molar-refractivity contribution in [1.29, 1.82) is 0 Å². The molecule has 0 heterocycles. The van der Waals surface area contributed by atoms with Crippen LogP contribution in [-0.2, 0) is 4.79 Å². The normalized spacial score (nSPS) is 10.0. The largest absolute Gasteiger partial charge is 0.493 e. The Balaban J connectivity index is 2.59. The Kier molecular flexibility index (Phi) is 7.31. The lowest BCUT2D eigenvalue weighted by Gasteiger charge is -2.14. The van der Waals surface area contributed by atoms with E-state index >= 15 is 0 Å². The van der Waals surface area contributed by atoms with Crippen LogP contribution in [0.3, 0.4) is 0 Å². The fourth-order valence-corrected chi connectivity index (χ4v) is 1.61. The van der Waals surface area contributed by atoms with E-state index in [1.807, 2.05) is 6.92 Å². The third kappa shape index (κ3) is 5.69. The minimum atomic E-state index is -0.396. The van der Waals surface area contributed by atoms with Gasteiger partial charge in [-0.3, -0.25) is 20.4 Å². The molecule has 0 aliphatic rings. The SMILES string of the molecule is CCCOc1ccccc1C(=O)NNC(=S)NC(=O)C(C)C. The number of para-hydroxylation sites is 1. The van der Waals surface area contributed by atoms with E-state index in [-0.39, 0.29) is 16.9 Å². The second kappa shape index (κ2) is 8.99. The number of hydrogen-bond acceptors (Lipinski definition) is 4. The molecule has 0 radical (unpaired) electrons. The maximum absolute atomic E-state index is 12.1. The minimum absolute atomic E-state index is 0.0407. The minimum Gasteiger partial charge on any atom is -0.493 e. The van der Waals surface area contributed by atoms with E-state index in [0.29, 0.717) is 17.9 Å². The predicted molar refractivity (Wildman–Crippen MR) is 88.4 cm³/mol. The van der Waals surface area contributed by atoms with E-state index in [9.17, 15) is 9.59 Å². The highest BCUT2D eigenvalue weighted by Gasteiger charge is 2.13. The highest BCUT2D eigenvalue weighted by atomic mass is 32.1. The highest BCUT2D eigenvalue weighted by molar-refractivity contribution is 7.80. The fourth-order valence-electron chi connectivity index (χ4n) is 1.46. The summed E-state index contributed by atoms with van der Waals surface area (Å²) in [5.41, 5.74) is 5.32. The van der Waals surface area contributed by atoms with Gasteiger partial charge in [0.05, 0.1) is 12.2 Å². The zero-order valence-corrected chi connectivity index (χ0v) is 13.8. The van der Waals surface area contributed by atoms with E-state index in [1.165, 1.54) is 0 Å². The van der Waals surface area contributed by atoms with Gasteiger partial charge in [0.1, 0.15) is 5.75 Å². The summed E-state index contributed by atoms with van der Waals surface area (Å²) in [6.45, 7) is 6.01. The molecule has 0 bridgehead atoms. The molecule has 3 N–H and O–H groups in total. The molecule has 0 aliphatic heterocycles. The third-order valence-corrected chi connectivity index (χ3v) is 2.85. The molecule has 6 nitrogen and oxygen atoms in total. The van der Waals surface area contributed by atoms with Crippen molar-refractivity contribution in [3.8, 4) is 5.75 Å². The van der Waals surface area contributed by atoms with Crippen LogP contribution in [0.2, 0.25) is 0 Å². The Morgan fingerprint density at radius 2 is 1.91 bits per heavy atom. The molecule has 0 aliphatic carbocycles. The van der Waals surface area contributed by atoms with Crippen molar-refractivity contribution in [3.63, 3.8) is 0 Å². The predicted octanol–water partition coefficient (Wildman–Crippen LogP) is 1.77. The molecule has 120 valence electrons. The van der Waals surface area contributed by atoms with E-state index in [2.05, 4.69) is 16.2 Å². The number of carbonyl (C=O) groups excluding carboxylic acids is 2. The molecule has 0 unspecified atom stereocenters. The molecule has 1 aromatic carbocycles. The van der Waals surface area contributed by atoms with Gasteiger partial charge in [-0.15, -0.1) is 0 Å². The highest BCUT2D eigenvalue weighted by Crippen LogP contribution is 2.17. The van der Waals surface area contributed by atoms with Crippen molar-refractivity contribution in [1.82, 2.24) is 16.2 Å². The van der Waals surface area contributed by atoms with E-state index in [4.69, 9.17) is 17.0 Å². The Morgan fingerprint density at radius 1 is 1.23 bits per heavy atom. The van der Waals surface area contributed by atoms with Crippen molar-refractivity contribution >= 4 is 29.1 Å². The van der Waals surface area contributed by atoms with Gasteiger partial charge in [0.2, 0.25) is 5.91 Å². The Labute approximate surface area is 135 Å². The van der Waals surface area contributed by atoms with Gasteiger partial charge < -0.3 is 10.1 Å². The first-order valence-electron chi connectivity index (χ1n) is 7.08. The van der Waals surface area contributed by atoms with Gasteiger partial charge in [-0.05, 0) is 30.8 Å². The molecule has 0 atom stereocenters. The molecule has 0 spiro atoms. The summed E-state index contributed by atoms with van der Waals surface area (Å²) in [6, 6.07) is 6.91. The second-order valence-electron chi connectivity index (χ2n) is 4.90. The lowest BCUT2D eigenvalue weighted by atomic mass is 10.2. The van der Waals surface area contributed by atoms with Gasteiger partial charge >= 0.3 is 0 Å². The molecule has 0 saturated carbocycles. The summed E-state index contributed by atoms with van der Waals surface area (Å²) in [7, 11) is 0. The number of hydrazine groups is 1. The van der Waals surface area contributed by atoms with Gasteiger partial charge in [0, 0.05) is 5.92 Å². The number of thiocarbonyl (C=S) groups is 1. The first-order chi connectivity index (χ1) is 10.5. The lowest BCUT2D eigenvalue weighted by Crippen LogP contribution is -2.49. The summed E-state index contributed by atoms with van der Waals surface area (Å²) in [6.07, 6.45) is 0.847. The maximum Gasteiger partial charge on any atom is 0.273 e. The zero-order chi connectivity index (χ0) is 16.5. The van der Waals surface area contributed by atoms with Gasteiger partial charge in [-0.1, -0.05) is 32.9 Å². The number of carbonyl (C=O) groups is 2. The van der Waals surface area contributed by atoms with Crippen LogP contribution in [-0.4, -0.2) is 23.5 Å². The van der Waals surface area contributed by atoms with Crippen LogP contribution in [0.15, 0.2) is 24.3 Å². The summed E-state index contributed by atoms with van der Waals surface area (Å²) in [4.78, 5) is 23.6. The first kappa shape index (κ1) is 17.9. The number of benzene rings is 1. The van der Waals surface area contributed by atoms with Crippen LogP contribution in [0.5, 0.6) is 5.75 Å². The topological polar surface area (TPSA) is 79.5 Å². The summed E-state index contributed by atoms with van der Waals surface area (Å²) >= 11 is 4.93. The van der Waals surface area contributed by atoms with Gasteiger partial charge in [0.15, 0.2) is 5.11 Å². The fraction of sp³-hybridized carbons (Fsp3) is 0.400. The summed E-state index contributed by atoms with van der Waals surface area (Å²) in [5.74, 6) is -0.314. The number of amides is 2. The van der Waals surface area contributed by atoms with E-state index in [0.717, 1.165) is 6.42 Å². The van der Waals surface area contributed by atoms with Crippen LogP contribution in [0.1, 0.15) is 37.6 Å². The first-order valence-corrected chi connectivity index (χ1v) is 7.49. The van der Waals surface area contributed by atoms with Crippen molar-refractivity contribution in [2.75, 3.05) is 6.61 Å². The van der Waals surface area contributed by atoms with Crippen LogP contribution in [0.4, 0.5) is 0 Å². The van der Waals surface area contributed by atoms with Crippen LogP contribution >= 0.6 is 12.2 Å². The van der Waals surface area contributed by atoms with Gasteiger partial charge in [-0.25, -0.2) is 0 Å². The smallest absolute Gasteiger partial charge is 0.273 e. The average molecular weight is 323 g/mol. The molecule has 7 heteroatoms.